The fourth-order valence-corrected chi connectivity index (χ4v) is 7.31. The summed E-state index contributed by atoms with van der Waals surface area (Å²) in [4.78, 5) is 10.2. The Morgan fingerprint density at radius 1 is 0.565 bits per heavy atom. The number of furan rings is 1. The Bertz CT molecular complexity index is 2590. The molecule has 1 aromatic heterocycles. The molecule has 0 aliphatic carbocycles. The number of amidine groups is 1. The van der Waals surface area contributed by atoms with Crippen LogP contribution in [0.1, 0.15) is 34.8 Å². The number of aliphatic imine (C=N–C) groups is 2. The summed E-state index contributed by atoms with van der Waals surface area (Å²) in [5.74, 6) is 1.67. The van der Waals surface area contributed by atoms with E-state index in [4.69, 9.17) is 14.4 Å². The molecule has 2 atom stereocenters. The molecule has 0 spiro atoms. The molecule has 2 unspecified atom stereocenters. The van der Waals surface area contributed by atoms with Crippen molar-refractivity contribution in [3.63, 3.8) is 0 Å². The van der Waals surface area contributed by atoms with Crippen molar-refractivity contribution >= 4 is 65.6 Å². The highest BCUT2D eigenvalue weighted by atomic mass is 16.3. The zero-order valence-electron chi connectivity index (χ0n) is 24.9. The molecule has 218 valence electrons. The van der Waals surface area contributed by atoms with E-state index in [0.29, 0.717) is 6.54 Å². The minimum atomic E-state index is -0.283. The number of benzene rings is 7. The van der Waals surface area contributed by atoms with Crippen molar-refractivity contribution in [2.24, 2.45) is 9.98 Å². The minimum Gasteiger partial charge on any atom is -0.458 e. The van der Waals surface area contributed by atoms with Crippen LogP contribution in [0.5, 0.6) is 0 Å². The summed E-state index contributed by atoms with van der Waals surface area (Å²) < 4.78 is 6.20. The molecular formula is C41H28N4O. The number of hydrogen-bond donors (Lipinski definition) is 2. The molecule has 10 rings (SSSR count). The fourth-order valence-electron chi connectivity index (χ4n) is 7.31. The maximum atomic E-state index is 6.20. The van der Waals surface area contributed by atoms with Crippen molar-refractivity contribution in [3.05, 3.63) is 156 Å². The lowest BCUT2D eigenvalue weighted by Gasteiger charge is -2.32. The van der Waals surface area contributed by atoms with Gasteiger partial charge in [0, 0.05) is 5.39 Å². The third kappa shape index (κ3) is 3.92. The van der Waals surface area contributed by atoms with Crippen LogP contribution in [-0.4, -0.2) is 11.5 Å². The number of nitrogens with zero attached hydrogens (tertiary/aromatic N) is 2. The van der Waals surface area contributed by atoms with Crippen molar-refractivity contribution in [3.8, 4) is 0 Å². The molecule has 8 aromatic rings. The summed E-state index contributed by atoms with van der Waals surface area (Å²) in [6.07, 6.45) is -0.458. The summed E-state index contributed by atoms with van der Waals surface area (Å²) in [6, 6.07) is 47.6. The van der Waals surface area contributed by atoms with Gasteiger partial charge in [-0.15, -0.1) is 0 Å². The predicted octanol–water partition coefficient (Wildman–Crippen LogP) is 9.34. The average molecular weight is 593 g/mol. The standard InChI is InChI=1S/C41H28N4O/c1-2-9-26-21-28(14-13-24(26)7-1)39-43-40(45-41(44-39)38-37-34-11-5-6-12-35(34)46-36(37)23-42-38)29-17-18-31-27(22-29)16-20-32-30-10-4-3-8-25(30)15-19-33(31)32/h1-22,39-40,43H,23H2,(H,44,45). The predicted molar refractivity (Wildman–Crippen MR) is 189 cm³/mol. The van der Waals surface area contributed by atoms with Crippen LogP contribution in [0.2, 0.25) is 0 Å². The first-order valence-corrected chi connectivity index (χ1v) is 15.8. The topological polar surface area (TPSA) is 61.9 Å². The zero-order valence-corrected chi connectivity index (χ0v) is 24.9. The summed E-state index contributed by atoms with van der Waals surface area (Å²) >= 11 is 0. The molecule has 2 aliphatic rings. The number of rotatable bonds is 3. The summed E-state index contributed by atoms with van der Waals surface area (Å²) in [5.41, 5.74) is 5.03. The van der Waals surface area contributed by atoms with Gasteiger partial charge >= 0.3 is 0 Å². The summed E-state index contributed by atoms with van der Waals surface area (Å²) in [7, 11) is 0. The van der Waals surface area contributed by atoms with Crippen LogP contribution in [-0.2, 0) is 6.54 Å². The van der Waals surface area contributed by atoms with Crippen molar-refractivity contribution in [2.45, 2.75) is 18.9 Å². The van der Waals surface area contributed by atoms with Gasteiger partial charge in [0.25, 0.3) is 0 Å². The van der Waals surface area contributed by atoms with Crippen molar-refractivity contribution < 1.29 is 4.42 Å². The molecular weight excluding hydrogens is 564 g/mol. The van der Waals surface area contributed by atoms with Gasteiger partial charge < -0.3 is 9.73 Å². The van der Waals surface area contributed by atoms with Gasteiger partial charge in [0.15, 0.2) is 5.84 Å². The normalized spacial score (nSPS) is 17.8. The first-order chi connectivity index (χ1) is 22.8. The molecule has 0 fully saturated rings. The lowest BCUT2D eigenvalue weighted by molar-refractivity contribution is 0.411. The van der Waals surface area contributed by atoms with Gasteiger partial charge in [-0.25, -0.2) is 4.99 Å². The van der Waals surface area contributed by atoms with Crippen molar-refractivity contribution in [1.29, 1.82) is 0 Å². The van der Waals surface area contributed by atoms with Crippen LogP contribution in [0.25, 0.3) is 54.1 Å². The van der Waals surface area contributed by atoms with E-state index in [9.17, 15) is 0 Å². The highest BCUT2D eigenvalue weighted by Crippen LogP contribution is 2.36. The van der Waals surface area contributed by atoms with Crippen molar-refractivity contribution in [1.82, 2.24) is 10.6 Å². The molecule has 3 heterocycles. The van der Waals surface area contributed by atoms with Crippen LogP contribution >= 0.6 is 0 Å². The molecule has 0 bridgehead atoms. The fraction of sp³-hybridized carbons (Fsp3) is 0.0732. The lowest BCUT2D eigenvalue weighted by Crippen LogP contribution is -2.47. The lowest BCUT2D eigenvalue weighted by atomic mass is 9.95. The van der Waals surface area contributed by atoms with Gasteiger partial charge in [-0.3, -0.25) is 10.3 Å². The third-order valence-corrected chi connectivity index (χ3v) is 9.56. The van der Waals surface area contributed by atoms with E-state index in [1.807, 2.05) is 18.2 Å². The van der Waals surface area contributed by atoms with E-state index in [1.54, 1.807) is 0 Å². The number of para-hydroxylation sites is 1. The monoisotopic (exact) mass is 592 g/mol. The zero-order chi connectivity index (χ0) is 30.2. The molecule has 2 N–H and O–H groups in total. The Morgan fingerprint density at radius 2 is 1.22 bits per heavy atom. The van der Waals surface area contributed by atoms with E-state index >= 15 is 0 Å². The minimum absolute atomic E-state index is 0.175. The number of hydrogen-bond acceptors (Lipinski definition) is 5. The van der Waals surface area contributed by atoms with Crippen LogP contribution in [0.15, 0.2) is 148 Å². The second-order valence-corrected chi connectivity index (χ2v) is 12.2. The smallest absolute Gasteiger partial charge is 0.151 e. The SMILES string of the molecule is c1ccc2cc(C3NC(C4=NCc5oc6ccccc6c54)=NC(c4ccc5c(ccc6c7ccccc7ccc56)c4)N3)ccc2c1. The van der Waals surface area contributed by atoms with E-state index in [-0.39, 0.29) is 12.3 Å². The van der Waals surface area contributed by atoms with E-state index in [0.717, 1.165) is 45.0 Å². The van der Waals surface area contributed by atoms with Crippen LogP contribution in [0, 0.1) is 0 Å². The maximum absolute atomic E-state index is 6.20. The summed E-state index contributed by atoms with van der Waals surface area (Å²) in [5, 5.41) is 18.5. The Balaban J connectivity index is 1.11. The Hall–Kier alpha value is -5.78. The average Bonchev–Trinajstić information content (AvgIpc) is 3.70. The van der Waals surface area contributed by atoms with E-state index in [1.165, 1.54) is 43.1 Å². The van der Waals surface area contributed by atoms with Crippen LogP contribution in [0.3, 0.4) is 0 Å². The quantitative estimate of drug-likeness (QED) is 0.201. The molecule has 0 saturated carbocycles. The van der Waals surface area contributed by atoms with Gasteiger partial charge in [0.1, 0.15) is 29.4 Å². The number of fused-ring (bicyclic) bond motifs is 9. The molecule has 5 heteroatoms. The Kier molecular flexibility index (Phi) is 5.47. The van der Waals surface area contributed by atoms with Crippen LogP contribution in [0.4, 0.5) is 0 Å². The van der Waals surface area contributed by atoms with Gasteiger partial charge in [0.05, 0.1) is 12.1 Å². The van der Waals surface area contributed by atoms with Gasteiger partial charge in [-0.2, -0.15) is 0 Å². The first-order valence-electron chi connectivity index (χ1n) is 15.8. The third-order valence-electron chi connectivity index (χ3n) is 9.56. The van der Waals surface area contributed by atoms with Gasteiger partial charge in [-0.1, -0.05) is 115 Å². The molecule has 0 amide bonds. The second-order valence-electron chi connectivity index (χ2n) is 12.2. The highest BCUT2D eigenvalue weighted by Gasteiger charge is 2.32. The second kappa shape index (κ2) is 9.86. The molecule has 0 saturated heterocycles. The molecule has 0 radical (unpaired) electrons. The first kappa shape index (κ1) is 25.5. The van der Waals surface area contributed by atoms with E-state index < -0.39 is 0 Å². The maximum Gasteiger partial charge on any atom is 0.151 e. The Labute approximate surface area is 264 Å². The van der Waals surface area contributed by atoms with Gasteiger partial charge in [-0.05, 0) is 72.4 Å². The van der Waals surface area contributed by atoms with Crippen molar-refractivity contribution in [2.75, 3.05) is 0 Å². The Morgan fingerprint density at radius 3 is 2.11 bits per heavy atom. The van der Waals surface area contributed by atoms with E-state index in [2.05, 4.69) is 126 Å². The van der Waals surface area contributed by atoms with Crippen LogP contribution < -0.4 is 10.6 Å². The highest BCUT2D eigenvalue weighted by molar-refractivity contribution is 6.50. The largest absolute Gasteiger partial charge is 0.458 e. The number of nitrogens with one attached hydrogen (secondary N) is 2. The summed E-state index contributed by atoms with van der Waals surface area (Å²) in [6.45, 7) is 0.510. The molecule has 46 heavy (non-hydrogen) atoms. The molecule has 7 aromatic carbocycles. The molecule has 5 nitrogen and oxygen atoms in total. The molecule has 2 aliphatic heterocycles. The van der Waals surface area contributed by atoms with Gasteiger partial charge in [0.2, 0.25) is 0 Å².